The normalized spacial score (nSPS) is 20.5. The predicted octanol–water partition coefficient (Wildman–Crippen LogP) is 4.40. The summed E-state index contributed by atoms with van der Waals surface area (Å²) in [7, 11) is 0. The van der Waals surface area contributed by atoms with Crippen molar-refractivity contribution in [2.24, 2.45) is 4.99 Å². The van der Waals surface area contributed by atoms with Crippen molar-refractivity contribution in [3.8, 4) is 0 Å². The molecule has 3 heterocycles. The molecule has 1 N–H and O–H groups in total. The second kappa shape index (κ2) is 8.18. The molecule has 0 bridgehead atoms. The summed E-state index contributed by atoms with van der Waals surface area (Å²) in [5.41, 5.74) is -1.13. The summed E-state index contributed by atoms with van der Waals surface area (Å²) in [6.45, 7) is -1.29. The van der Waals surface area contributed by atoms with Gasteiger partial charge in [0.25, 0.3) is 12.0 Å². The van der Waals surface area contributed by atoms with Crippen LogP contribution in [0.2, 0.25) is 0 Å². The summed E-state index contributed by atoms with van der Waals surface area (Å²) in [6.07, 6.45) is -0.473. The van der Waals surface area contributed by atoms with E-state index in [2.05, 4.69) is 15.3 Å². The second-order valence-electron chi connectivity index (χ2n) is 7.31. The Morgan fingerprint density at radius 2 is 1.69 bits per heavy atom. The van der Waals surface area contributed by atoms with Gasteiger partial charge in [0.1, 0.15) is 22.9 Å². The first-order valence-electron chi connectivity index (χ1n) is 9.59. The van der Waals surface area contributed by atoms with E-state index in [1.807, 2.05) is 0 Å². The fourth-order valence-electron chi connectivity index (χ4n) is 3.83. The largest absolute Gasteiger partial charge is 0.354 e. The zero-order valence-corrected chi connectivity index (χ0v) is 16.6. The smallest absolute Gasteiger partial charge is 0.321 e. The maximum atomic E-state index is 13.6. The zero-order chi connectivity index (χ0) is 23.0. The Morgan fingerprint density at radius 1 is 1.00 bits per heavy atom. The summed E-state index contributed by atoms with van der Waals surface area (Å²) in [4.78, 5) is 20.1. The first-order chi connectivity index (χ1) is 15.2. The first-order valence-corrected chi connectivity index (χ1v) is 9.59. The molecular weight excluding hydrogens is 431 g/mol. The van der Waals surface area contributed by atoms with Crippen LogP contribution in [-0.4, -0.2) is 21.4 Å². The third-order valence-corrected chi connectivity index (χ3v) is 5.45. The van der Waals surface area contributed by atoms with Crippen LogP contribution in [0.3, 0.4) is 0 Å². The number of halogens is 5. The molecule has 0 spiro atoms. The zero-order valence-electron chi connectivity index (χ0n) is 16.6. The lowest BCUT2D eigenvalue weighted by Crippen LogP contribution is -2.48. The van der Waals surface area contributed by atoms with Gasteiger partial charge in [-0.25, -0.2) is 13.2 Å². The van der Waals surface area contributed by atoms with E-state index < -0.39 is 41.6 Å². The summed E-state index contributed by atoms with van der Waals surface area (Å²) in [5, 5.41) is 3.20. The fourth-order valence-corrected chi connectivity index (χ4v) is 3.83. The van der Waals surface area contributed by atoms with Gasteiger partial charge in [-0.3, -0.25) is 19.3 Å². The number of pyridine rings is 2. The Kier molecular flexibility index (Phi) is 5.53. The molecule has 0 amide bonds. The van der Waals surface area contributed by atoms with Crippen LogP contribution in [-0.2, 0) is 5.54 Å². The standard InChI is InChI=1S/C22H17F5N4O/c1-12-22(14-3-6-16(23)7-4-14,15-5-8-17(19(24)25)28-10-15)30-20(29-12)13-2-9-18(32)31(11-13)21(26)27/h2-12,19,21H,1H3,(H,29,30)/t12-,22-/m0/s1. The van der Waals surface area contributed by atoms with Crippen molar-refractivity contribution in [2.75, 3.05) is 0 Å². The third kappa shape index (κ3) is 3.65. The number of hydrogen-bond acceptors (Lipinski definition) is 4. The number of alkyl halides is 4. The Hall–Kier alpha value is -3.56. The number of rotatable bonds is 5. The lowest BCUT2D eigenvalue weighted by atomic mass is 9.79. The SMILES string of the molecule is C[C@@H]1N=C(c2ccc(=O)n(C(F)F)c2)N[C@@]1(c1ccc(F)cc1)c1ccc(C(F)F)nc1. The van der Waals surface area contributed by atoms with Crippen LogP contribution in [0.15, 0.2) is 70.7 Å². The van der Waals surface area contributed by atoms with Crippen molar-refractivity contribution < 1.29 is 22.0 Å². The van der Waals surface area contributed by atoms with Gasteiger partial charge < -0.3 is 5.32 Å². The van der Waals surface area contributed by atoms with Gasteiger partial charge in [0.2, 0.25) is 0 Å². The van der Waals surface area contributed by atoms with E-state index in [0.717, 1.165) is 12.3 Å². The molecule has 3 aromatic rings. The Balaban J connectivity index is 1.82. The van der Waals surface area contributed by atoms with Crippen molar-refractivity contribution in [1.82, 2.24) is 14.9 Å². The molecule has 10 heteroatoms. The molecule has 0 radical (unpaired) electrons. The van der Waals surface area contributed by atoms with Gasteiger partial charge in [0, 0.05) is 29.6 Å². The molecule has 2 aromatic heterocycles. The van der Waals surface area contributed by atoms with E-state index in [4.69, 9.17) is 0 Å². The van der Waals surface area contributed by atoms with E-state index in [-0.39, 0.29) is 16.0 Å². The first kappa shape index (κ1) is 21.7. The van der Waals surface area contributed by atoms with Crippen LogP contribution in [0.5, 0.6) is 0 Å². The molecule has 0 saturated heterocycles. The highest BCUT2D eigenvalue weighted by atomic mass is 19.3. The number of aliphatic imine (C=N–C) groups is 1. The lowest BCUT2D eigenvalue weighted by molar-refractivity contribution is 0.0663. The Morgan fingerprint density at radius 3 is 2.28 bits per heavy atom. The number of aromatic nitrogens is 2. The predicted molar refractivity (Wildman–Crippen MR) is 107 cm³/mol. The minimum atomic E-state index is -3.03. The average Bonchev–Trinajstić information content (AvgIpc) is 3.12. The van der Waals surface area contributed by atoms with Crippen LogP contribution >= 0.6 is 0 Å². The minimum Gasteiger partial charge on any atom is -0.354 e. The van der Waals surface area contributed by atoms with Crippen LogP contribution < -0.4 is 10.9 Å². The van der Waals surface area contributed by atoms with Gasteiger partial charge in [0.05, 0.1) is 6.04 Å². The van der Waals surface area contributed by atoms with Crippen LogP contribution in [0.4, 0.5) is 22.0 Å². The number of amidine groups is 1. The maximum Gasteiger partial charge on any atom is 0.321 e. The van der Waals surface area contributed by atoms with Crippen molar-refractivity contribution in [2.45, 2.75) is 31.5 Å². The number of nitrogens with zero attached hydrogens (tertiary/aromatic N) is 3. The highest BCUT2D eigenvalue weighted by Crippen LogP contribution is 2.39. The molecule has 5 nitrogen and oxygen atoms in total. The molecule has 4 rings (SSSR count). The molecular formula is C22H17F5N4O. The maximum absolute atomic E-state index is 13.6. The van der Waals surface area contributed by atoms with Gasteiger partial charge in [-0.15, -0.1) is 0 Å². The highest BCUT2D eigenvalue weighted by Gasteiger charge is 2.45. The Labute approximate surface area is 179 Å². The highest BCUT2D eigenvalue weighted by molar-refractivity contribution is 6.01. The molecule has 32 heavy (non-hydrogen) atoms. The molecule has 0 aliphatic carbocycles. The van der Waals surface area contributed by atoms with Crippen LogP contribution in [0.25, 0.3) is 0 Å². The van der Waals surface area contributed by atoms with Crippen molar-refractivity contribution >= 4 is 5.84 Å². The number of nitrogens with one attached hydrogen (secondary N) is 1. The van der Waals surface area contributed by atoms with Crippen molar-refractivity contribution in [3.05, 3.63) is 99.5 Å². The van der Waals surface area contributed by atoms with E-state index in [1.165, 1.54) is 48.7 Å². The van der Waals surface area contributed by atoms with Crippen molar-refractivity contribution in [1.29, 1.82) is 0 Å². The van der Waals surface area contributed by atoms with Gasteiger partial charge in [-0.05, 0) is 36.8 Å². The van der Waals surface area contributed by atoms with Crippen molar-refractivity contribution in [3.63, 3.8) is 0 Å². The van der Waals surface area contributed by atoms with E-state index in [9.17, 15) is 26.7 Å². The van der Waals surface area contributed by atoms with Gasteiger partial charge in [-0.2, -0.15) is 8.78 Å². The molecule has 1 aromatic carbocycles. The molecule has 0 fully saturated rings. The molecule has 0 unspecified atom stereocenters. The van der Waals surface area contributed by atoms with E-state index in [1.54, 1.807) is 6.92 Å². The summed E-state index contributed by atoms with van der Waals surface area (Å²) < 4.78 is 66.3. The fraction of sp³-hybridized carbons (Fsp3) is 0.227. The van der Waals surface area contributed by atoms with E-state index >= 15 is 0 Å². The third-order valence-electron chi connectivity index (χ3n) is 5.45. The number of hydrogen-bond donors (Lipinski definition) is 1. The van der Waals surface area contributed by atoms with E-state index in [0.29, 0.717) is 11.1 Å². The van der Waals surface area contributed by atoms with Gasteiger partial charge >= 0.3 is 6.55 Å². The molecule has 0 saturated carbocycles. The quantitative estimate of drug-likeness (QED) is 0.589. The molecule has 2 atom stereocenters. The molecule has 1 aliphatic rings. The topological polar surface area (TPSA) is 59.3 Å². The lowest BCUT2D eigenvalue weighted by Gasteiger charge is -2.35. The average molecular weight is 448 g/mol. The Bertz CT molecular complexity index is 1210. The minimum absolute atomic E-state index is 0.217. The van der Waals surface area contributed by atoms with Crippen LogP contribution in [0.1, 0.15) is 42.3 Å². The monoisotopic (exact) mass is 448 g/mol. The second-order valence-corrected chi connectivity index (χ2v) is 7.31. The van der Waals surface area contributed by atoms with Gasteiger partial charge in [-0.1, -0.05) is 18.2 Å². The van der Waals surface area contributed by atoms with Gasteiger partial charge in [0.15, 0.2) is 0 Å². The summed E-state index contributed by atoms with van der Waals surface area (Å²) in [5.74, 6) is -0.250. The summed E-state index contributed by atoms with van der Waals surface area (Å²) >= 11 is 0. The molecule has 166 valence electrons. The van der Waals surface area contributed by atoms with Crippen LogP contribution in [0, 0.1) is 5.82 Å². The number of benzene rings is 1. The summed E-state index contributed by atoms with van der Waals surface area (Å²) in [6, 6.07) is 10.0. The molecule has 1 aliphatic heterocycles.